The van der Waals surface area contributed by atoms with Crippen molar-refractivity contribution in [2.75, 3.05) is 0 Å². The van der Waals surface area contributed by atoms with E-state index < -0.39 is 0 Å². The maximum Gasteiger partial charge on any atom is -0.0351 e. The molecule has 0 unspecified atom stereocenters. The first-order valence-electron chi connectivity index (χ1n) is 11.6. The second-order valence-electron chi connectivity index (χ2n) is 7.71. The Morgan fingerprint density at radius 2 is 0.583 bits per heavy atom. The van der Waals surface area contributed by atoms with E-state index in [1.165, 1.54) is 128 Å². The zero-order chi connectivity index (χ0) is 17.6. The van der Waals surface area contributed by atoms with Gasteiger partial charge >= 0.3 is 0 Å². The predicted molar refractivity (Wildman–Crippen MR) is 113 cm³/mol. The lowest BCUT2D eigenvalue weighted by atomic mass is 10.1. The Morgan fingerprint density at radius 1 is 0.333 bits per heavy atom. The molecule has 0 aliphatic carbocycles. The van der Waals surface area contributed by atoms with Gasteiger partial charge in [0.2, 0.25) is 0 Å². The van der Waals surface area contributed by atoms with Gasteiger partial charge < -0.3 is 0 Å². The van der Waals surface area contributed by atoms with Gasteiger partial charge in [0.05, 0.1) is 0 Å². The van der Waals surface area contributed by atoms with Crippen LogP contribution in [0.5, 0.6) is 0 Å². The highest BCUT2D eigenvalue weighted by atomic mass is 14.0. The molecule has 0 bridgehead atoms. The minimum Gasteiger partial charge on any atom is -0.0885 e. The highest BCUT2D eigenvalue weighted by Gasteiger charge is 1.92. The lowest BCUT2D eigenvalue weighted by Gasteiger charge is -2.01. The molecule has 0 aliphatic rings. The van der Waals surface area contributed by atoms with E-state index >= 15 is 0 Å². The molecular weight excluding hydrogens is 288 g/mol. The monoisotopic (exact) mass is 336 g/mol. The minimum atomic E-state index is 1.31. The molecule has 0 saturated carbocycles. The molecule has 0 saturated heterocycles. The van der Waals surface area contributed by atoms with Crippen LogP contribution >= 0.6 is 0 Å². The molecule has 0 fully saturated rings. The molecule has 0 N–H and O–H groups in total. The van der Waals surface area contributed by atoms with Crippen LogP contribution in [-0.2, 0) is 0 Å². The summed E-state index contributed by atoms with van der Waals surface area (Å²) in [6.07, 6.45) is 33.4. The zero-order valence-corrected chi connectivity index (χ0v) is 17.3. The maximum atomic E-state index is 2.44. The summed E-state index contributed by atoms with van der Waals surface area (Å²) in [5.41, 5.74) is 0. The zero-order valence-electron chi connectivity index (χ0n) is 17.3. The van der Waals surface area contributed by atoms with Crippen LogP contribution in [0.25, 0.3) is 0 Å². The van der Waals surface area contributed by atoms with Crippen LogP contribution < -0.4 is 0 Å². The molecule has 0 radical (unpaired) electrons. The van der Waals surface area contributed by atoms with E-state index in [0.717, 1.165) is 0 Å². The summed E-state index contributed by atoms with van der Waals surface area (Å²) in [7, 11) is 0. The average Bonchev–Trinajstić information content (AvgIpc) is 2.60. The smallest absolute Gasteiger partial charge is 0.0351 e. The van der Waals surface area contributed by atoms with Gasteiger partial charge in [-0.3, -0.25) is 0 Å². The van der Waals surface area contributed by atoms with E-state index in [0.29, 0.717) is 0 Å². The molecule has 24 heavy (non-hydrogen) atoms. The molecule has 144 valence electrons. The molecule has 0 aromatic rings. The van der Waals surface area contributed by atoms with E-state index in [4.69, 9.17) is 0 Å². The number of unbranched alkanes of at least 4 members (excludes halogenated alkanes) is 18. The van der Waals surface area contributed by atoms with Crippen molar-refractivity contribution in [3.63, 3.8) is 0 Å². The first kappa shape index (κ1) is 23.7. The summed E-state index contributed by atoms with van der Waals surface area (Å²) >= 11 is 0. The second kappa shape index (κ2) is 22.7. The van der Waals surface area contributed by atoms with Crippen LogP contribution in [0.15, 0.2) is 12.2 Å². The van der Waals surface area contributed by atoms with Crippen LogP contribution in [0.2, 0.25) is 0 Å². The fourth-order valence-electron chi connectivity index (χ4n) is 3.38. The number of hydrogen-bond donors (Lipinski definition) is 0. The molecule has 0 aromatic carbocycles. The molecule has 0 aromatic heterocycles. The van der Waals surface area contributed by atoms with Crippen LogP contribution in [0.1, 0.15) is 142 Å². The molecule has 0 nitrogen and oxygen atoms in total. The number of allylic oxidation sites excluding steroid dienone is 2. The normalized spacial score (nSPS) is 11.6. The largest absolute Gasteiger partial charge is 0.0885 e. The van der Waals surface area contributed by atoms with Crippen LogP contribution in [-0.4, -0.2) is 0 Å². The number of hydrogen-bond acceptors (Lipinski definition) is 0. The van der Waals surface area contributed by atoms with Crippen molar-refractivity contribution in [3.8, 4) is 0 Å². The van der Waals surface area contributed by atoms with Gasteiger partial charge in [0, 0.05) is 0 Å². The lowest BCUT2D eigenvalue weighted by molar-refractivity contribution is 0.557. The van der Waals surface area contributed by atoms with Gasteiger partial charge in [0.1, 0.15) is 0 Å². The summed E-state index contributed by atoms with van der Waals surface area (Å²) in [4.78, 5) is 0. The Balaban J connectivity index is 3.03. The topological polar surface area (TPSA) is 0 Å². The second-order valence-corrected chi connectivity index (χ2v) is 7.71. The van der Waals surface area contributed by atoms with Crippen LogP contribution in [0.4, 0.5) is 0 Å². The van der Waals surface area contributed by atoms with Crippen molar-refractivity contribution in [2.24, 2.45) is 0 Å². The fourth-order valence-corrected chi connectivity index (χ4v) is 3.38. The van der Waals surface area contributed by atoms with Gasteiger partial charge in [-0.2, -0.15) is 0 Å². The van der Waals surface area contributed by atoms with Gasteiger partial charge in [-0.05, 0) is 25.7 Å². The van der Waals surface area contributed by atoms with Crippen molar-refractivity contribution < 1.29 is 0 Å². The van der Waals surface area contributed by atoms with Crippen molar-refractivity contribution in [1.82, 2.24) is 0 Å². The summed E-state index contributed by atoms with van der Waals surface area (Å²) in [5, 5.41) is 0. The highest BCUT2D eigenvalue weighted by Crippen LogP contribution is 2.12. The molecule has 0 heterocycles. The molecule has 0 spiro atoms. The van der Waals surface area contributed by atoms with Crippen LogP contribution in [0, 0.1) is 0 Å². The SMILES string of the molecule is CCCCCCCCCC/C=C/CCCCCCCCCCCC. The Bertz CT molecular complexity index is 228. The first-order chi connectivity index (χ1) is 11.9. The molecule has 0 amide bonds. The van der Waals surface area contributed by atoms with Crippen molar-refractivity contribution >= 4 is 0 Å². The summed E-state index contributed by atoms with van der Waals surface area (Å²) < 4.78 is 0. The van der Waals surface area contributed by atoms with Gasteiger partial charge in [-0.25, -0.2) is 0 Å². The van der Waals surface area contributed by atoms with E-state index in [9.17, 15) is 0 Å². The van der Waals surface area contributed by atoms with Crippen molar-refractivity contribution in [2.45, 2.75) is 142 Å². The molecule has 0 heteroatoms. The third kappa shape index (κ3) is 21.7. The van der Waals surface area contributed by atoms with Gasteiger partial charge in [0.15, 0.2) is 0 Å². The third-order valence-corrected chi connectivity index (χ3v) is 5.12. The minimum absolute atomic E-state index is 1.31. The van der Waals surface area contributed by atoms with Gasteiger partial charge in [-0.1, -0.05) is 129 Å². The first-order valence-corrected chi connectivity index (χ1v) is 11.6. The van der Waals surface area contributed by atoms with Crippen LogP contribution in [0.3, 0.4) is 0 Å². The fraction of sp³-hybridized carbons (Fsp3) is 0.917. The Hall–Kier alpha value is -0.260. The van der Waals surface area contributed by atoms with Gasteiger partial charge in [-0.15, -0.1) is 0 Å². The highest BCUT2D eigenvalue weighted by molar-refractivity contribution is 4.81. The molecule has 0 atom stereocenters. The lowest BCUT2D eigenvalue weighted by Crippen LogP contribution is -1.81. The molecule has 0 aliphatic heterocycles. The molecule has 0 rings (SSSR count). The Kier molecular flexibility index (Phi) is 22.5. The maximum absolute atomic E-state index is 2.44. The predicted octanol–water partition coefficient (Wildman–Crippen LogP) is 9.38. The molecular formula is C24H48. The van der Waals surface area contributed by atoms with Crippen molar-refractivity contribution in [1.29, 1.82) is 0 Å². The van der Waals surface area contributed by atoms with E-state index in [-0.39, 0.29) is 0 Å². The van der Waals surface area contributed by atoms with E-state index in [1.54, 1.807) is 0 Å². The van der Waals surface area contributed by atoms with E-state index in [1.807, 2.05) is 0 Å². The summed E-state index contributed by atoms with van der Waals surface area (Å²) in [6, 6.07) is 0. The van der Waals surface area contributed by atoms with Gasteiger partial charge in [0.25, 0.3) is 0 Å². The third-order valence-electron chi connectivity index (χ3n) is 5.12. The quantitative estimate of drug-likeness (QED) is 0.153. The summed E-state index contributed by atoms with van der Waals surface area (Å²) in [6.45, 7) is 4.59. The van der Waals surface area contributed by atoms with E-state index in [2.05, 4.69) is 26.0 Å². The number of rotatable bonds is 20. The Labute approximate surface area is 154 Å². The average molecular weight is 337 g/mol. The van der Waals surface area contributed by atoms with Crippen molar-refractivity contribution in [3.05, 3.63) is 12.2 Å². The summed E-state index contributed by atoms with van der Waals surface area (Å²) in [5.74, 6) is 0. The standard InChI is InChI=1S/C24H48/c1-3-5-7-9-11-13-15-17-19-21-23-24-22-20-18-16-14-12-10-8-6-4-2/h21,23H,3-20,22,24H2,1-2H3/b23-21+. The Morgan fingerprint density at radius 3 is 0.875 bits per heavy atom.